The van der Waals surface area contributed by atoms with Gasteiger partial charge in [-0.05, 0) is 31.5 Å². The number of carbonyl (C=O) groups excluding carboxylic acids is 1. The lowest BCUT2D eigenvalue weighted by molar-refractivity contribution is -0.119. The first kappa shape index (κ1) is 31.9. The summed E-state index contributed by atoms with van der Waals surface area (Å²) in [6, 6.07) is 19.4. The van der Waals surface area contributed by atoms with E-state index in [2.05, 4.69) is 20.9 Å². The van der Waals surface area contributed by atoms with Crippen molar-refractivity contribution in [3.8, 4) is 39.5 Å². The van der Waals surface area contributed by atoms with Gasteiger partial charge in [-0.3, -0.25) is 4.79 Å². The maximum Gasteiger partial charge on any atom is 0.220 e. The van der Waals surface area contributed by atoms with Gasteiger partial charge in [-0.2, -0.15) is 5.10 Å². The number of imidazole rings is 1. The Morgan fingerprint density at radius 3 is 2.33 bits per heavy atom. The molecule has 6 rings (SSSR count). The van der Waals surface area contributed by atoms with Crippen LogP contribution in [0.15, 0.2) is 66.9 Å². The van der Waals surface area contributed by atoms with Crippen molar-refractivity contribution in [2.45, 2.75) is 45.0 Å². The van der Waals surface area contributed by atoms with Gasteiger partial charge >= 0.3 is 0 Å². The summed E-state index contributed by atoms with van der Waals surface area (Å²) < 4.78 is 7.37. The van der Waals surface area contributed by atoms with Gasteiger partial charge in [-0.15, -0.1) is 0 Å². The molecule has 4 heterocycles. The van der Waals surface area contributed by atoms with Crippen LogP contribution in [0.2, 0.25) is 10.0 Å². The molecule has 1 fully saturated rings. The number of methoxy groups -OCH3 is 1. The van der Waals surface area contributed by atoms with Crippen LogP contribution in [0.1, 0.15) is 31.0 Å². The molecule has 0 radical (unpaired) electrons. The van der Waals surface area contributed by atoms with Gasteiger partial charge in [0.2, 0.25) is 11.8 Å². The van der Waals surface area contributed by atoms with Crippen molar-refractivity contribution in [2.24, 2.45) is 0 Å². The maximum absolute atomic E-state index is 11.5. The molecule has 0 saturated carbocycles. The summed E-state index contributed by atoms with van der Waals surface area (Å²) in [5, 5.41) is 24.9. The third kappa shape index (κ3) is 7.01. The van der Waals surface area contributed by atoms with Gasteiger partial charge in [0.05, 0.1) is 46.5 Å². The van der Waals surface area contributed by atoms with Crippen molar-refractivity contribution in [3.05, 3.63) is 88.2 Å². The zero-order valence-corrected chi connectivity index (χ0v) is 27.1. The number of aliphatic hydroxyl groups is 1. The molecule has 0 bridgehead atoms. The number of rotatable bonds is 12. The predicted octanol–water partition coefficient (Wildman–Crippen LogP) is 5.28. The Hall–Kier alpha value is -4.06. The van der Waals surface area contributed by atoms with Crippen LogP contribution in [-0.4, -0.2) is 62.9 Å². The number of carbonyl (C=O) groups is 1. The van der Waals surface area contributed by atoms with Crippen molar-refractivity contribution >= 4 is 34.8 Å². The summed E-state index contributed by atoms with van der Waals surface area (Å²) in [4.78, 5) is 20.9. The highest BCUT2D eigenvalue weighted by atomic mass is 35.5. The van der Waals surface area contributed by atoms with Gasteiger partial charge in [0.25, 0.3) is 0 Å². The average molecular weight is 661 g/mol. The van der Waals surface area contributed by atoms with Gasteiger partial charge in [-0.1, -0.05) is 65.7 Å². The highest BCUT2D eigenvalue weighted by Crippen LogP contribution is 2.42. The maximum atomic E-state index is 11.5. The Morgan fingerprint density at radius 1 is 0.957 bits per heavy atom. The van der Waals surface area contributed by atoms with E-state index in [9.17, 15) is 9.90 Å². The second-order valence-electron chi connectivity index (χ2n) is 11.4. The third-order valence-corrected chi connectivity index (χ3v) is 8.69. The number of aromatic nitrogens is 4. The first-order valence-electron chi connectivity index (χ1n) is 15.2. The first-order chi connectivity index (χ1) is 22.3. The van der Waals surface area contributed by atoms with Crippen LogP contribution in [0.3, 0.4) is 0 Å². The van der Waals surface area contributed by atoms with Crippen molar-refractivity contribution < 1.29 is 14.6 Å². The van der Waals surface area contributed by atoms with Crippen molar-refractivity contribution in [1.82, 2.24) is 35.5 Å². The normalized spacial score (nSPS) is 15.3. The van der Waals surface area contributed by atoms with Gasteiger partial charge < -0.3 is 25.8 Å². The summed E-state index contributed by atoms with van der Waals surface area (Å²) in [5.74, 6) is 0.605. The van der Waals surface area contributed by atoms with Crippen LogP contribution < -0.4 is 20.7 Å². The second kappa shape index (κ2) is 14.1. The molecule has 1 amide bonds. The molecule has 0 unspecified atom stereocenters. The van der Waals surface area contributed by atoms with E-state index in [1.807, 2.05) is 66.9 Å². The topological polar surface area (TPSA) is 126 Å². The number of hydrogen-bond acceptors (Lipinski definition) is 8. The fraction of sp³-hybridized carbons (Fsp3) is 0.294. The Balaban J connectivity index is 1.24. The van der Waals surface area contributed by atoms with E-state index in [0.717, 1.165) is 39.9 Å². The number of benzene rings is 2. The molecule has 10 nitrogen and oxygen atoms in total. The van der Waals surface area contributed by atoms with Crippen LogP contribution in [0.5, 0.6) is 5.88 Å². The highest BCUT2D eigenvalue weighted by molar-refractivity contribution is 6.39. The van der Waals surface area contributed by atoms with Crippen LogP contribution in [0, 0.1) is 0 Å². The van der Waals surface area contributed by atoms with Crippen LogP contribution in [0.25, 0.3) is 39.3 Å². The van der Waals surface area contributed by atoms with E-state index in [-0.39, 0.29) is 11.9 Å². The highest BCUT2D eigenvalue weighted by Gasteiger charge is 2.21. The van der Waals surface area contributed by atoms with Crippen molar-refractivity contribution in [3.63, 3.8) is 0 Å². The summed E-state index contributed by atoms with van der Waals surface area (Å²) in [5.41, 5.74) is 6.87. The molecule has 238 valence electrons. The van der Waals surface area contributed by atoms with Gasteiger partial charge in [0, 0.05) is 66.5 Å². The molecular weight excluding hydrogens is 625 g/mol. The molecule has 5 aromatic rings. The van der Waals surface area contributed by atoms with E-state index in [4.69, 9.17) is 38.0 Å². The molecule has 3 aromatic heterocycles. The molecule has 1 aliphatic heterocycles. The number of pyridine rings is 1. The van der Waals surface area contributed by atoms with Crippen molar-refractivity contribution in [1.29, 1.82) is 0 Å². The van der Waals surface area contributed by atoms with Gasteiger partial charge in [-0.25, -0.2) is 14.5 Å². The minimum Gasteiger partial charge on any atom is -0.481 e. The molecule has 2 aromatic carbocycles. The molecule has 46 heavy (non-hydrogen) atoms. The molecule has 4 N–H and O–H groups in total. The molecule has 2 atom stereocenters. The standard InChI is InChI=1S/C34H35Cl2N7O3/c1-20(44)15-37-18-23-19-43-30(39-23)13-12-29(42-43)27-8-4-6-25(33(27)36)24-5-3-7-26(32(24)35)28-11-9-21(34(41-28)46-2)16-38-17-22-10-14-31(45)40-22/h3-9,11-13,19-20,22,37-38,44H,10,14-18H2,1-2H3,(H,40,45)/t20-,22-/m0/s1. The van der Waals surface area contributed by atoms with E-state index < -0.39 is 6.10 Å². The number of fused-ring (bicyclic) bond motifs is 1. The number of hydrogen-bond donors (Lipinski definition) is 4. The third-order valence-electron chi connectivity index (χ3n) is 7.88. The molecule has 1 saturated heterocycles. The summed E-state index contributed by atoms with van der Waals surface area (Å²) in [6.07, 6.45) is 2.84. The van der Waals surface area contributed by atoms with Crippen LogP contribution >= 0.6 is 23.2 Å². The van der Waals surface area contributed by atoms with E-state index in [1.165, 1.54) is 0 Å². The first-order valence-corrected chi connectivity index (χ1v) is 15.9. The summed E-state index contributed by atoms with van der Waals surface area (Å²) in [7, 11) is 1.60. The summed E-state index contributed by atoms with van der Waals surface area (Å²) >= 11 is 14.1. The smallest absolute Gasteiger partial charge is 0.220 e. The average Bonchev–Trinajstić information content (AvgIpc) is 3.66. The van der Waals surface area contributed by atoms with Gasteiger partial charge in [0.15, 0.2) is 5.65 Å². The molecule has 0 spiro atoms. The molecule has 12 heteroatoms. The van der Waals surface area contributed by atoms with Crippen LogP contribution in [0.4, 0.5) is 0 Å². The minimum atomic E-state index is -0.433. The zero-order chi connectivity index (χ0) is 32.2. The summed E-state index contributed by atoms with van der Waals surface area (Å²) in [6.45, 7) is 3.97. The minimum absolute atomic E-state index is 0.100. The van der Waals surface area contributed by atoms with E-state index in [1.54, 1.807) is 18.5 Å². The number of nitrogens with one attached hydrogen (secondary N) is 3. The Kier molecular flexibility index (Phi) is 9.81. The SMILES string of the molecule is COc1nc(-c2cccc(-c3cccc(-c4ccc5nc(CNC[C@H](C)O)cn5n4)c3Cl)c2Cl)ccc1CNC[C@@H]1CCC(=O)N1. The molecule has 1 aliphatic rings. The Morgan fingerprint density at radius 2 is 1.65 bits per heavy atom. The van der Waals surface area contributed by atoms with Crippen molar-refractivity contribution in [2.75, 3.05) is 20.2 Å². The number of halogens is 2. The largest absolute Gasteiger partial charge is 0.481 e. The van der Waals surface area contributed by atoms with E-state index in [0.29, 0.717) is 65.6 Å². The van der Waals surface area contributed by atoms with Crippen LogP contribution in [-0.2, 0) is 17.9 Å². The lowest BCUT2D eigenvalue weighted by Crippen LogP contribution is -2.35. The molecule has 0 aliphatic carbocycles. The molecular formula is C34H35Cl2N7O3. The van der Waals surface area contributed by atoms with Gasteiger partial charge in [0.1, 0.15) is 0 Å². The fourth-order valence-corrected chi connectivity index (χ4v) is 6.24. The zero-order valence-electron chi connectivity index (χ0n) is 25.6. The quantitative estimate of drug-likeness (QED) is 0.143. The monoisotopic (exact) mass is 659 g/mol. The van der Waals surface area contributed by atoms with E-state index >= 15 is 0 Å². The lowest BCUT2D eigenvalue weighted by atomic mass is 9.98. The number of ether oxygens (including phenoxy) is 1. The lowest BCUT2D eigenvalue weighted by Gasteiger charge is -2.15. The Labute approximate surface area is 277 Å². The second-order valence-corrected chi connectivity index (χ2v) is 12.1. The number of nitrogens with zero attached hydrogens (tertiary/aromatic N) is 4. The number of amides is 1. The predicted molar refractivity (Wildman–Crippen MR) is 180 cm³/mol. The Bertz CT molecular complexity index is 1880. The number of aliphatic hydroxyl groups excluding tert-OH is 1. The fourth-order valence-electron chi connectivity index (χ4n) is 5.59.